The van der Waals surface area contributed by atoms with E-state index in [4.69, 9.17) is 21.3 Å². The molecule has 0 radical (unpaired) electrons. The molecule has 1 heterocycles. The molecule has 2 aromatic rings. The Balaban J connectivity index is 1.60. The number of nitrogens with zero attached hydrogens (tertiary/aromatic N) is 3. The third-order valence-corrected chi connectivity index (χ3v) is 5.48. The van der Waals surface area contributed by atoms with Crippen molar-refractivity contribution >= 4 is 11.6 Å². The molecule has 5 heteroatoms. The molecule has 1 aromatic carbocycles. The highest BCUT2D eigenvalue weighted by Crippen LogP contribution is 2.35. The Morgan fingerprint density at radius 2 is 2.00 bits per heavy atom. The number of benzene rings is 1. The Hall–Kier alpha value is -1.99. The lowest BCUT2D eigenvalue weighted by atomic mass is 9.86. The maximum Gasteiger partial charge on any atom is 0.312 e. The van der Waals surface area contributed by atoms with Crippen molar-refractivity contribution in [1.82, 2.24) is 9.55 Å². The lowest BCUT2D eigenvalue weighted by Gasteiger charge is -2.29. The standard InChI is InChI=1S/C21H27ClN3O/c1-14(2)20-13-24-21(25(20)4)15-5-8-17(9-6-15)26-18-10-7-16(12-23-3)19(22)11-18/h7,10-11,13-15,17H,5-6,8-9H2,1-4H3/q+1. The molecular weight excluding hydrogens is 346 g/mol. The fraction of sp³-hybridized carbons (Fsp3) is 0.524. The third kappa shape index (κ3) is 4.04. The minimum Gasteiger partial charge on any atom is -0.490 e. The Morgan fingerprint density at radius 1 is 1.27 bits per heavy atom. The molecule has 0 spiro atoms. The molecule has 138 valence electrons. The summed E-state index contributed by atoms with van der Waals surface area (Å²) in [5.74, 6) is 3.06. The quantitative estimate of drug-likeness (QED) is 0.698. The molecule has 0 atom stereocenters. The van der Waals surface area contributed by atoms with Gasteiger partial charge in [-0.15, -0.1) is 0 Å². The molecule has 1 aliphatic carbocycles. The number of ether oxygens (including phenoxy) is 1. The maximum atomic E-state index is 6.26. The van der Waals surface area contributed by atoms with E-state index < -0.39 is 0 Å². The largest absolute Gasteiger partial charge is 0.490 e. The summed E-state index contributed by atoms with van der Waals surface area (Å²) in [7, 11) is 3.82. The van der Waals surface area contributed by atoms with E-state index in [-0.39, 0.29) is 6.10 Å². The van der Waals surface area contributed by atoms with Gasteiger partial charge in [0.05, 0.1) is 11.1 Å². The van der Waals surface area contributed by atoms with Gasteiger partial charge in [-0.1, -0.05) is 30.3 Å². The molecule has 4 nitrogen and oxygen atoms in total. The Labute approximate surface area is 161 Å². The smallest absolute Gasteiger partial charge is 0.312 e. The van der Waals surface area contributed by atoms with Gasteiger partial charge in [-0.2, -0.15) is 0 Å². The molecule has 0 N–H and O–H groups in total. The van der Waals surface area contributed by atoms with Gasteiger partial charge in [0.25, 0.3) is 7.05 Å². The summed E-state index contributed by atoms with van der Waals surface area (Å²) in [6, 6.07) is 8.57. The van der Waals surface area contributed by atoms with Crippen LogP contribution in [-0.2, 0) is 7.05 Å². The molecule has 1 fully saturated rings. The van der Waals surface area contributed by atoms with Crippen LogP contribution in [0.2, 0.25) is 5.02 Å². The fourth-order valence-corrected chi connectivity index (χ4v) is 3.98. The second kappa shape index (κ2) is 8.14. The predicted molar refractivity (Wildman–Crippen MR) is 107 cm³/mol. The van der Waals surface area contributed by atoms with Gasteiger partial charge in [0.2, 0.25) is 0 Å². The van der Waals surface area contributed by atoms with Crippen molar-refractivity contribution < 1.29 is 4.74 Å². The second-order valence-corrected chi connectivity index (χ2v) is 7.73. The molecule has 1 aliphatic rings. The van der Waals surface area contributed by atoms with Crippen molar-refractivity contribution in [1.29, 1.82) is 0 Å². The first-order valence-corrected chi connectivity index (χ1v) is 9.70. The summed E-state index contributed by atoms with van der Waals surface area (Å²) in [6.07, 6.45) is 6.56. The number of imidazole rings is 1. The zero-order valence-corrected chi connectivity index (χ0v) is 16.8. The molecule has 3 rings (SSSR count). The van der Waals surface area contributed by atoms with Crippen LogP contribution in [0.3, 0.4) is 0 Å². The van der Waals surface area contributed by atoms with Crippen LogP contribution in [0.25, 0.3) is 4.85 Å². The summed E-state index contributed by atoms with van der Waals surface area (Å²) < 4.78 is 8.44. The molecule has 0 amide bonds. The highest BCUT2D eigenvalue weighted by Gasteiger charge is 2.27. The number of aromatic nitrogens is 2. The minimum absolute atomic E-state index is 0.238. The average Bonchev–Trinajstić information content (AvgIpc) is 3.00. The summed E-state index contributed by atoms with van der Waals surface area (Å²) in [6.45, 7) is 4.43. The van der Waals surface area contributed by atoms with Crippen LogP contribution >= 0.6 is 11.6 Å². The molecule has 0 unspecified atom stereocenters. The first-order chi connectivity index (χ1) is 12.5. The van der Waals surface area contributed by atoms with Crippen LogP contribution in [-0.4, -0.2) is 22.7 Å². The molecule has 1 saturated carbocycles. The highest BCUT2D eigenvalue weighted by molar-refractivity contribution is 6.31. The Bertz CT molecular complexity index is 824. The zero-order valence-electron chi connectivity index (χ0n) is 16.0. The van der Waals surface area contributed by atoms with Gasteiger partial charge < -0.3 is 9.30 Å². The number of rotatable bonds is 4. The first-order valence-electron chi connectivity index (χ1n) is 9.32. The van der Waals surface area contributed by atoms with Crippen LogP contribution in [0.15, 0.2) is 24.4 Å². The van der Waals surface area contributed by atoms with E-state index in [1.165, 1.54) is 11.5 Å². The lowest BCUT2D eigenvalue weighted by molar-refractivity contribution is 0.144. The molecule has 0 saturated heterocycles. The van der Waals surface area contributed by atoms with Crippen LogP contribution in [0.1, 0.15) is 68.4 Å². The van der Waals surface area contributed by atoms with E-state index in [1.54, 1.807) is 7.05 Å². The SMILES string of the molecule is C[N+]#Cc1ccc(OC2CCC(c3ncc(C(C)C)n3C)CC2)cc1Cl. The van der Waals surface area contributed by atoms with Gasteiger partial charge in [0.1, 0.15) is 17.1 Å². The van der Waals surface area contributed by atoms with Crippen molar-refractivity contribution in [2.45, 2.75) is 57.5 Å². The van der Waals surface area contributed by atoms with Gasteiger partial charge in [-0.05, 0) is 43.7 Å². The third-order valence-electron chi connectivity index (χ3n) is 5.17. The van der Waals surface area contributed by atoms with E-state index >= 15 is 0 Å². The van der Waals surface area contributed by atoms with Crippen molar-refractivity contribution in [2.75, 3.05) is 7.05 Å². The molecule has 26 heavy (non-hydrogen) atoms. The van der Waals surface area contributed by atoms with Gasteiger partial charge >= 0.3 is 6.07 Å². The van der Waals surface area contributed by atoms with Crippen LogP contribution in [0.5, 0.6) is 5.75 Å². The summed E-state index contributed by atoms with van der Waals surface area (Å²) in [5.41, 5.74) is 2.10. The van der Waals surface area contributed by atoms with Crippen molar-refractivity contribution in [3.05, 3.63) is 51.3 Å². The summed E-state index contributed by atoms with van der Waals surface area (Å²) >= 11 is 6.26. The van der Waals surface area contributed by atoms with Crippen molar-refractivity contribution in [3.8, 4) is 11.8 Å². The molecule has 0 bridgehead atoms. The monoisotopic (exact) mass is 372 g/mol. The normalized spacial score (nSPS) is 19.9. The highest BCUT2D eigenvalue weighted by atomic mass is 35.5. The number of hydrogen-bond acceptors (Lipinski definition) is 2. The van der Waals surface area contributed by atoms with E-state index in [9.17, 15) is 0 Å². The maximum absolute atomic E-state index is 6.26. The van der Waals surface area contributed by atoms with Gasteiger partial charge in [0.15, 0.2) is 0 Å². The molecular formula is C21H27ClN3O+. The van der Waals surface area contributed by atoms with Crippen molar-refractivity contribution in [3.63, 3.8) is 0 Å². The summed E-state index contributed by atoms with van der Waals surface area (Å²) in [4.78, 5) is 8.58. The van der Waals surface area contributed by atoms with Gasteiger partial charge in [0, 0.05) is 30.9 Å². The predicted octanol–water partition coefficient (Wildman–Crippen LogP) is 5.61. The van der Waals surface area contributed by atoms with Crippen LogP contribution in [0, 0.1) is 6.07 Å². The van der Waals surface area contributed by atoms with Crippen molar-refractivity contribution in [2.24, 2.45) is 7.05 Å². The first kappa shape index (κ1) is 18.8. The topological polar surface area (TPSA) is 31.4 Å². The van der Waals surface area contributed by atoms with E-state index in [2.05, 4.69) is 36.4 Å². The Morgan fingerprint density at radius 3 is 2.58 bits per heavy atom. The number of halogens is 1. The van der Waals surface area contributed by atoms with E-state index in [1.807, 2.05) is 24.4 Å². The zero-order chi connectivity index (χ0) is 18.7. The Kier molecular flexibility index (Phi) is 5.88. The van der Waals surface area contributed by atoms with Crippen LogP contribution in [0.4, 0.5) is 0 Å². The molecule has 1 aromatic heterocycles. The van der Waals surface area contributed by atoms with Gasteiger partial charge in [-0.3, -0.25) is 0 Å². The lowest BCUT2D eigenvalue weighted by Crippen LogP contribution is -2.24. The second-order valence-electron chi connectivity index (χ2n) is 7.32. The summed E-state index contributed by atoms with van der Waals surface area (Å²) in [5, 5.41) is 0.621. The van der Waals surface area contributed by atoms with Crippen LogP contribution < -0.4 is 4.74 Å². The van der Waals surface area contributed by atoms with E-state index in [0.29, 0.717) is 16.9 Å². The van der Waals surface area contributed by atoms with Gasteiger partial charge in [-0.25, -0.2) is 4.98 Å². The number of hydrogen-bond donors (Lipinski definition) is 0. The minimum atomic E-state index is 0.238. The molecule has 0 aliphatic heterocycles. The fourth-order valence-electron chi connectivity index (χ4n) is 3.76. The average molecular weight is 373 g/mol. The van der Waals surface area contributed by atoms with E-state index in [0.717, 1.165) is 37.0 Å².